The van der Waals surface area contributed by atoms with Crippen molar-refractivity contribution in [3.05, 3.63) is 30.0 Å². The summed E-state index contributed by atoms with van der Waals surface area (Å²) in [6, 6.07) is 0. The lowest BCUT2D eigenvalue weighted by Gasteiger charge is -1.46. The lowest BCUT2D eigenvalue weighted by atomic mass is 10.8. The van der Waals surface area contributed by atoms with Crippen LogP contribution in [0.25, 0.3) is 0 Å². The van der Waals surface area contributed by atoms with Gasteiger partial charge in [0.1, 0.15) is 0 Å². The standard InChI is InChI=1S/C5H4/c1-2-4-5-3-1/h1-4H/i3+1,4+1. The van der Waals surface area contributed by atoms with Gasteiger partial charge in [-0.25, -0.2) is 0 Å². The van der Waals surface area contributed by atoms with Gasteiger partial charge in [-0.15, -0.1) is 5.73 Å². The fourth-order valence-corrected chi connectivity index (χ4v) is 0.278. The van der Waals surface area contributed by atoms with Crippen molar-refractivity contribution >= 4 is 0 Å². The zero-order valence-corrected chi connectivity index (χ0v) is 2.81. The average molecular weight is 66.1 g/mol. The van der Waals surface area contributed by atoms with Gasteiger partial charge in [-0.3, -0.25) is 0 Å². The molecule has 0 radical (unpaired) electrons. The molecule has 0 N–H and O–H groups in total. The summed E-state index contributed by atoms with van der Waals surface area (Å²) < 4.78 is 0. The van der Waals surface area contributed by atoms with Crippen LogP contribution in [0.1, 0.15) is 0 Å². The van der Waals surface area contributed by atoms with Crippen molar-refractivity contribution in [3.8, 4) is 0 Å². The normalized spacial score (nSPS) is 14.4. The van der Waals surface area contributed by atoms with Gasteiger partial charge in [-0.1, -0.05) is 12.2 Å². The van der Waals surface area contributed by atoms with Crippen molar-refractivity contribution < 1.29 is 0 Å². The molecule has 0 saturated heterocycles. The minimum atomic E-state index is 1.88. The first-order valence-electron chi connectivity index (χ1n) is 1.58. The van der Waals surface area contributed by atoms with E-state index in [1.807, 2.05) is 24.3 Å². The summed E-state index contributed by atoms with van der Waals surface area (Å²) in [4.78, 5) is 0. The molecule has 0 fully saturated rings. The molecule has 1 aliphatic carbocycles. The van der Waals surface area contributed by atoms with E-state index in [1.165, 1.54) is 0 Å². The van der Waals surface area contributed by atoms with Gasteiger partial charge < -0.3 is 0 Å². The lowest BCUT2D eigenvalue weighted by molar-refractivity contribution is 2.10. The number of rotatable bonds is 0. The second-order valence-electron chi connectivity index (χ2n) is 0.885. The third kappa shape index (κ3) is 0.285. The van der Waals surface area contributed by atoms with E-state index in [2.05, 4.69) is 5.73 Å². The molecule has 0 aromatic carbocycles. The molecule has 0 atom stereocenters. The first-order chi connectivity index (χ1) is 2.50. The molecular weight excluding hydrogens is 62.0 g/mol. The topological polar surface area (TPSA) is 0 Å². The van der Waals surface area contributed by atoms with Crippen LogP contribution in [0.5, 0.6) is 0 Å². The van der Waals surface area contributed by atoms with Crippen LogP contribution in [-0.4, -0.2) is 0 Å². The van der Waals surface area contributed by atoms with E-state index in [0.717, 1.165) is 0 Å². The second kappa shape index (κ2) is 0.918. The highest BCUT2D eigenvalue weighted by molar-refractivity contribution is 5.17. The quantitative estimate of drug-likeness (QED) is 0.295. The fraction of sp³-hybridized carbons (Fsp3) is 0. The fourth-order valence-electron chi connectivity index (χ4n) is 0.278. The molecule has 0 unspecified atom stereocenters. The first kappa shape index (κ1) is 2.49. The molecule has 0 heteroatoms. The van der Waals surface area contributed by atoms with Crippen molar-refractivity contribution in [2.45, 2.75) is 0 Å². The van der Waals surface area contributed by atoms with E-state index in [0.29, 0.717) is 0 Å². The van der Waals surface area contributed by atoms with Crippen LogP contribution in [0.2, 0.25) is 0 Å². The zero-order valence-electron chi connectivity index (χ0n) is 2.81. The summed E-state index contributed by atoms with van der Waals surface area (Å²) in [5.41, 5.74) is 2.86. The summed E-state index contributed by atoms with van der Waals surface area (Å²) in [5, 5.41) is 0. The highest BCUT2D eigenvalue weighted by atomic mass is 14.2. The Morgan fingerprint density at radius 3 is 1.80 bits per heavy atom. The van der Waals surface area contributed by atoms with Crippen LogP contribution in [-0.2, 0) is 0 Å². The van der Waals surface area contributed by atoms with E-state index < -0.39 is 0 Å². The van der Waals surface area contributed by atoms with Crippen LogP contribution in [0, 0.1) is 0 Å². The monoisotopic (exact) mass is 66.0 g/mol. The summed E-state index contributed by atoms with van der Waals surface area (Å²) in [7, 11) is 0. The average Bonchev–Trinajstić information content (AvgIpc) is 1.76. The number of hydrogen-bond acceptors (Lipinski definition) is 0. The molecule has 0 amide bonds. The predicted octanol–water partition coefficient (Wildman–Crippen LogP) is 1.27. The molecular formula is C5H4. The molecule has 0 aromatic rings. The molecule has 5 heavy (non-hydrogen) atoms. The largest absolute Gasteiger partial charge is 0.121 e. The van der Waals surface area contributed by atoms with Crippen LogP contribution < -0.4 is 0 Å². The molecule has 24 valence electrons. The zero-order chi connectivity index (χ0) is 3.54. The minimum absolute atomic E-state index is 1.88. The second-order valence-corrected chi connectivity index (χ2v) is 0.885. The van der Waals surface area contributed by atoms with Crippen molar-refractivity contribution in [2.75, 3.05) is 0 Å². The molecule has 1 aliphatic rings. The van der Waals surface area contributed by atoms with Crippen LogP contribution >= 0.6 is 0 Å². The summed E-state index contributed by atoms with van der Waals surface area (Å²) in [5.74, 6) is 0. The van der Waals surface area contributed by atoms with Crippen molar-refractivity contribution in [1.82, 2.24) is 0 Å². The molecule has 0 saturated carbocycles. The van der Waals surface area contributed by atoms with E-state index >= 15 is 0 Å². The first-order valence-corrected chi connectivity index (χ1v) is 1.58. The van der Waals surface area contributed by atoms with Gasteiger partial charge >= 0.3 is 0 Å². The summed E-state index contributed by atoms with van der Waals surface area (Å²) >= 11 is 0. The van der Waals surface area contributed by atoms with E-state index in [-0.39, 0.29) is 0 Å². The molecule has 1 rings (SSSR count). The van der Waals surface area contributed by atoms with Gasteiger partial charge in [-0.2, -0.15) is 0 Å². The lowest BCUT2D eigenvalue weighted by Crippen LogP contribution is -1.26. The molecule has 0 aliphatic heterocycles. The van der Waals surface area contributed by atoms with Gasteiger partial charge in [0.05, 0.1) is 0 Å². The van der Waals surface area contributed by atoms with Gasteiger partial charge in [0.2, 0.25) is 0 Å². The Hall–Kier alpha value is -0.740. The third-order valence-electron chi connectivity index (χ3n) is 0.496. The van der Waals surface area contributed by atoms with Crippen LogP contribution in [0.3, 0.4) is 0 Å². The van der Waals surface area contributed by atoms with Crippen LogP contribution in [0.4, 0.5) is 0 Å². The highest BCUT2D eigenvalue weighted by Gasteiger charge is 1.61. The maximum atomic E-state index is 2.86. The van der Waals surface area contributed by atoms with Gasteiger partial charge in [0, 0.05) is 0 Å². The molecule has 0 heterocycles. The Morgan fingerprint density at radius 2 is 1.60 bits per heavy atom. The van der Waals surface area contributed by atoms with Crippen molar-refractivity contribution in [1.29, 1.82) is 0 Å². The molecule has 0 aromatic heterocycles. The summed E-state index contributed by atoms with van der Waals surface area (Å²) in [6.07, 6.45) is 7.64. The molecule has 0 nitrogen and oxygen atoms in total. The Morgan fingerprint density at radius 1 is 1.00 bits per heavy atom. The van der Waals surface area contributed by atoms with E-state index in [9.17, 15) is 0 Å². The number of hydrogen-bond donors (Lipinski definition) is 0. The Bertz CT molecular complexity index is 91.2. The van der Waals surface area contributed by atoms with Gasteiger partial charge in [0.25, 0.3) is 0 Å². The Kier molecular flexibility index (Phi) is 0.458. The van der Waals surface area contributed by atoms with Crippen LogP contribution in [0.15, 0.2) is 30.0 Å². The van der Waals surface area contributed by atoms with Crippen molar-refractivity contribution in [3.63, 3.8) is 0 Å². The smallest absolute Gasteiger partial charge is 0.0200 e. The highest BCUT2D eigenvalue weighted by Crippen LogP contribution is 1.81. The molecule has 0 spiro atoms. The third-order valence-corrected chi connectivity index (χ3v) is 0.496. The Balaban J connectivity index is 2.98. The van der Waals surface area contributed by atoms with Gasteiger partial charge in [-0.05, 0) is 12.2 Å². The minimum Gasteiger partial charge on any atom is -0.121 e. The number of allylic oxidation sites excluding steroid dienone is 3. The summed E-state index contributed by atoms with van der Waals surface area (Å²) in [6.45, 7) is 0. The van der Waals surface area contributed by atoms with Crippen molar-refractivity contribution in [2.24, 2.45) is 0 Å². The Labute approximate surface area is 31.1 Å². The molecule has 0 bridgehead atoms. The van der Waals surface area contributed by atoms with E-state index in [1.54, 1.807) is 0 Å². The SMILES string of the molecule is C1=[13CH]C=C[13CH]=1. The maximum Gasteiger partial charge on any atom is -0.0200 e. The van der Waals surface area contributed by atoms with Gasteiger partial charge in [0.15, 0.2) is 0 Å². The van der Waals surface area contributed by atoms with E-state index in [4.69, 9.17) is 0 Å². The maximum absolute atomic E-state index is 2.86. The predicted molar refractivity (Wildman–Crippen MR) is 21.8 cm³/mol.